The van der Waals surface area contributed by atoms with Gasteiger partial charge in [0.1, 0.15) is 0 Å². The lowest BCUT2D eigenvalue weighted by Crippen LogP contribution is -2.36. The van der Waals surface area contributed by atoms with E-state index in [2.05, 4.69) is 10.6 Å². The number of thioether (sulfide) groups is 1. The van der Waals surface area contributed by atoms with Gasteiger partial charge in [-0.3, -0.25) is 10.1 Å². The fraction of sp³-hybridized carbons (Fsp3) is 0.188. The Kier molecular flexibility index (Phi) is 7.30. The molecule has 0 aliphatic rings. The molecule has 0 unspecified atom stereocenters. The highest BCUT2D eigenvalue weighted by atomic mass is 35.5. The number of nitrogens with one attached hydrogen (secondary N) is 2. The minimum Gasteiger partial charge on any atom is -0.872 e. The highest BCUT2D eigenvalue weighted by molar-refractivity contribution is 7.99. The highest BCUT2D eigenvalue weighted by Gasteiger charge is 2.07. The second-order valence-corrected chi connectivity index (χ2v) is 6.97. The topological polar surface area (TPSA) is 90.3 Å². The van der Waals surface area contributed by atoms with Crippen LogP contribution in [0.5, 0.6) is 5.75 Å². The van der Waals surface area contributed by atoms with Gasteiger partial charge in [-0.1, -0.05) is 17.7 Å². The standard InChI is InChI=1S/C16H16ClN3O3S2/c17-12-1-4-14(5-2-12)25-8-7-18-16(24)19-10-11-9-13(20(22)23)3-6-15(11)21/h1-6,9,21H,7-8,10H2,(H2,18,19,24)/p-1. The van der Waals surface area contributed by atoms with Crippen LogP contribution in [0.3, 0.4) is 0 Å². The number of benzene rings is 2. The van der Waals surface area contributed by atoms with Gasteiger partial charge in [0.25, 0.3) is 5.69 Å². The Morgan fingerprint density at radius 3 is 2.60 bits per heavy atom. The fourth-order valence-electron chi connectivity index (χ4n) is 1.92. The van der Waals surface area contributed by atoms with E-state index in [9.17, 15) is 15.2 Å². The van der Waals surface area contributed by atoms with Gasteiger partial charge in [0.05, 0.1) is 4.92 Å². The van der Waals surface area contributed by atoms with Crippen LogP contribution in [0.2, 0.25) is 5.02 Å². The summed E-state index contributed by atoms with van der Waals surface area (Å²) in [7, 11) is 0. The first kappa shape index (κ1) is 19.3. The van der Waals surface area contributed by atoms with E-state index in [0.717, 1.165) is 10.6 Å². The van der Waals surface area contributed by atoms with Crippen molar-refractivity contribution in [2.24, 2.45) is 0 Å². The van der Waals surface area contributed by atoms with E-state index in [1.54, 1.807) is 11.8 Å². The molecule has 0 spiro atoms. The molecule has 0 aromatic heterocycles. The average Bonchev–Trinajstić information content (AvgIpc) is 2.59. The van der Waals surface area contributed by atoms with Crippen LogP contribution < -0.4 is 15.7 Å². The Labute approximate surface area is 159 Å². The summed E-state index contributed by atoms with van der Waals surface area (Å²) in [5, 5.41) is 29.5. The first-order chi connectivity index (χ1) is 12.0. The minimum absolute atomic E-state index is 0.116. The number of rotatable bonds is 7. The molecule has 2 N–H and O–H groups in total. The molecule has 0 radical (unpaired) electrons. The number of nitro groups is 1. The lowest BCUT2D eigenvalue weighted by molar-refractivity contribution is -0.385. The summed E-state index contributed by atoms with van der Waals surface area (Å²) >= 11 is 12.6. The Morgan fingerprint density at radius 2 is 1.92 bits per heavy atom. The summed E-state index contributed by atoms with van der Waals surface area (Å²) in [5.41, 5.74) is 0.184. The summed E-state index contributed by atoms with van der Waals surface area (Å²) in [5.74, 6) is 0.534. The van der Waals surface area contributed by atoms with Crippen molar-refractivity contribution in [3.05, 3.63) is 63.2 Å². The molecule has 0 heterocycles. The lowest BCUT2D eigenvalue weighted by Gasteiger charge is -2.15. The van der Waals surface area contributed by atoms with Gasteiger partial charge in [0.2, 0.25) is 0 Å². The zero-order valence-electron chi connectivity index (χ0n) is 13.0. The molecule has 0 aliphatic heterocycles. The Bertz CT molecular complexity index is 757. The molecule has 2 rings (SSSR count). The SMILES string of the molecule is O=[N+]([O-])c1ccc([O-])c(CNC(=S)NCCSc2ccc(Cl)cc2)c1. The number of nitro benzene ring substituents is 1. The third-order valence-electron chi connectivity index (χ3n) is 3.16. The second kappa shape index (κ2) is 9.45. The van der Waals surface area contributed by atoms with E-state index in [1.165, 1.54) is 18.2 Å². The third kappa shape index (κ3) is 6.41. The normalized spacial score (nSPS) is 10.3. The molecule has 6 nitrogen and oxygen atoms in total. The van der Waals surface area contributed by atoms with Gasteiger partial charge in [-0.15, -0.1) is 17.5 Å². The number of non-ortho nitro benzene ring substituents is 1. The maximum absolute atomic E-state index is 11.7. The Morgan fingerprint density at radius 1 is 1.20 bits per heavy atom. The number of nitrogens with zero attached hydrogens (tertiary/aromatic N) is 1. The van der Waals surface area contributed by atoms with E-state index in [0.29, 0.717) is 22.2 Å². The predicted octanol–water partition coefficient (Wildman–Crippen LogP) is 3.08. The summed E-state index contributed by atoms with van der Waals surface area (Å²) in [6.45, 7) is 0.773. The van der Waals surface area contributed by atoms with Gasteiger partial charge in [-0.2, -0.15) is 0 Å². The molecule has 0 saturated heterocycles. The molecule has 132 valence electrons. The zero-order valence-corrected chi connectivity index (χ0v) is 15.4. The average molecular weight is 397 g/mol. The molecule has 0 saturated carbocycles. The van der Waals surface area contributed by atoms with Crippen LogP contribution in [-0.2, 0) is 6.54 Å². The van der Waals surface area contributed by atoms with E-state index in [4.69, 9.17) is 23.8 Å². The number of halogens is 1. The quantitative estimate of drug-likeness (QED) is 0.244. The monoisotopic (exact) mass is 396 g/mol. The molecule has 25 heavy (non-hydrogen) atoms. The minimum atomic E-state index is -0.534. The molecule has 2 aromatic carbocycles. The summed E-state index contributed by atoms with van der Waals surface area (Å²) in [6, 6.07) is 11.2. The first-order valence-electron chi connectivity index (χ1n) is 7.30. The maximum atomic E-state index is 11.7. The van der Waals surface area contributed by atoms with Gasteiger partial charge in [-0.25, -0.2) is 0 Å². The van der Waals surface area contributed by atoms with Gasteiger partial charge in [-0.05, 0) is 42.0 Å². The van der Waals surface area contributed by atoms with Crippen molar-refractivity contribution >= 4 is 46.4 Å². The second-order valence-electron chi connectivity index (χ2n) is 4.96. The Balaban J connectivity index is 1.73. The number of thiocarbonyl (C=S) groups is 1. The van der Waals surface area contributed by atoms with Crippen LogP contribution in [0.25, 0.3) is 0 Å². The lowest BCUT2D eigenvalue weighted by atomic mass is 10.2. The van der Waals surface area contributed by atoms with Gasteiger partial charge in [0, 0.05) is 40.9 Å². The summed E-state index contributed by atoms with van der Waals surface area (Å²) in [4.78, 5) is 11.3. The summed E-state index contributed by atoms with van der Waals surface area (Å²) in [6.07, 6.45) is 0. The third-order valence-corrected chi connectivity index (χ3v) is 4.72. The van der Waals surface area contributed by atoms with Gasteiger partial charge in [0.15, 0.2) is 5.11 Å². The van der Waals surface area contributed by atoms with E-state index in [1.807, 2.05) is 24.3 Å². The van der Waals surface area contributed by atoms with Crippen molar-refractivity contribution < 1.29 is 10.0 Å². The highest BCUT2D eigenvalue weighted by Crippen LogP contribution is 2.21. The molecule has 0 amide bonds. The van der Waals surface area contributed by atoms with Crippen LogP contribution in [0.1, 0.15) is 5.56 Å². The largest absolute Gasteiger partial charge is 0.872 e. The van der Waals surface area contributed by atoms with E-state index in [-0.39, 0.29) is 18.0 Å². The van der Waals surface area contributed by atoms with Crippen LogP contribution in [0.4, 0.5) is 5.69 Å². The number of hydrogen-bond donors (Lipinski definition) is 2. The van der Waals surface area contributed by atoms with Crippen LogP contribution in [-0.4, -0.2) is 22.3 Å². The molecular formula is C16H15ClN3O3S2-. The fourth-order valence-corrected chi connectivity index (χ4v) is 2.99. The maximum Gasteiger partial charge on any atom is 0.269 e. The molecule has 0 atom stereocenters. The summed E-state index contributed by atoms with van der Waals surface area (Å²) < 4.78 is 0. The first-order valence-corrected chi connectivity index (χ1v) is 9.07. The Hall–Kier alpha value is -2.03. The van der Waals surface area contributed by atoms with E-state index < -0.39 is 4.92 Å². The number of hydrogen-bond acceptors (Lipinski definition) is 5. The molecule has 9 heteroatoms. The predicted molar refractivity (Wildman–Crippen MR) is 102 cm³/mol. The van der Waals surface area contributed by atoms with Crippen molar-refractivity contribution in [2.45, 2.75) is 11.4 Å². The van der Waals surface area contributed by atoms with E-state index >= 15 is 0 Å². The van der Waals surface area contributed by atoms with Crippen molar-refractivity contribution in [1.82, 2.24) is 10.6 Å². The molecule has 0 bridgehead atoms. The van der Waals surface area contributed by atoms with Crippen molar-refractivity contribution in [1.29, 1.82) is 0 Å². The van der Waals surface area contributed by atoms with Crippen molar-refractivity contribution in [3.8, 4) is 5.75 Å². The van der Waals surface area contributed by atoms with Crippen LogP contribution >= 0.6 is 35.6 Å². The van der Waals surface area contributed by atoms with Gasteiger partial charge < -0.3 is 15.7 Å². The van der Waals surface area contributed by atoms with Crippen molar-refractivity contribution in [3.63, 3.8) is 0 Å². The van der Waals surface area contributed by atoms with Gasteiger partial charge >= 0.3 is 0 Å². The smallest absolute Gasteiger partial charge is 0.269 e. The van der Waals surface area contributed by atoms with Crippen LogP contribution in [0, 0.1) is 10.1 Å². The molecule has 2 aromatic rings. The zero-order chi connectivity index (χ0) is 18.2. The molecule has 0 aliphatic carbocycles. The van der Waals surface area contributed by atoms with Crippen LogP contribution in [0.15, 0.2) is 47.4 Å². The molecular weight excluding hydrogens is 382 g/mol. The van der Waals surface area contributed by atoms with Crippen molar-refractivity contribution in [2.75, 3.05) is 12.3 Å². The molecule has 0 fully saturated rings.